The second-order valence-corrected chi connectivity index (χ2v) is 10.8. The van der Waals surface area contributed by atoms with Crippen molar-refractivity contribution in [2.45, 2.75) is 20.1 Å². The van der Waals surface area contributed by atoms with Crippen molar-refractivity contribution in [3.63, 3.8) is 0 Å². The summed E-state index contributed by atoms with van der Waals surface area (Å²) in [4.78, 5) is 39.1. The zero-order chi connectivity index (χ0) is 31.2. The number of rotatable bonds is 10. The summed E-state index contributed by atoms with van der Waals surface area (Å²) in [7, 11) is 0. The first kappa shape index (κ1) is 30.9. The average molecular weight is 652 g/mol. The summed E-state index contributed by atoms with van der Waals surface area (Å²) < 4.78 is 17.7. The molecular formula is C33H25Cl3N2O6. The van der Waals surface area contributed by atoms with E-state index in [-0.39, 0.29) is 33.7 Å². The number of imide groups is 2. The smallest absolute Gasteiger partial charge is 0.335 e. The first-order chi connectivity index (χ1) is 21.2. The molecule has 0 aliphatic carbocycles. The lowest BCUT2D eigenvalue weighted by Gasteiger charge is -2.26. The summed E-state index contributed by atoms with van der Waals surface area (Å²) >= 11 is 19.1. The fourth-order valence-electron chi connectivity index (χ4n) is 4.40. The van der Waals surface area contributed by atoms with E-state index in [4.69, 9.17) is 49.0 Å². The van der Waals surface area contributed by atoms with Crippen molar-refractivity contribution < 1.29 is 28.6 Å². The zero-order valence-corrected chi connectivity index (χ0v) is 25.6. The van der Waals surface area contributed by atoms with E-state index >= 15 is 0 Å². The summed E-state index contributed by atoms with van der Waals surface area (Å²) in [5.74, 6) is -0.288. The van der Waals surface area contributed by atoms with E-state index in [1.165, 1.54) is 30.3 Å². The summed E-state index contributed by atoms with van der Waals surface area (Å²) in [6, 6.07) is 23.6. The van der Waals surface area contributed by atoms with Gasteiger partial charge in [-0.25, -0.2) is 9.69 Å². The monoisotopic (exact) mass is 650 g/mol. The van der Waals surface area contributed by atoms with Crippen LogP contribution in [0, 0.1) is 0 Å². The van der Waals surface area contributed by atoms with Gasteiger partial charge in [-0.05, 0) is 72.2 Å². The maximum atomic E-state index is 13.2. The van der Waals surface area contributed by atoms with Crippen molar-refractivity contribution in [2.75, 3.05) is 11.5 Å². The number of urea groups is 1. The van der Waals surface area contributed by atoms with E-state index in [1.807, 2.05) is 55.5 Å². The molecule has 224 valence electrons. The van der Waals surface area contributed by atoms with E-state index in [2.05, 4.69) is 5.32 Å². The van der Waals surface area contributed by atoms with E-state index in [9.17, 15) is 14.4 Å². The number of hydrogen-bond acceptors (Lipinski definition) is 6. The number of ether oxygens (including phenoxy) is 3. The lowest BCUT2D eigenvalue weighted by Crippen LogP contribution is -2.54. The molecule has 11 heteroatoms. The molecule has 0 spiro atoms. The molecule has 8 nitrogen and oxygen atoms in total. The molecule has 0 radical (unpaired) electrons. The molecule has 1 fully saturated rings. The Kier molecular flexibility index (Phi) is 9.75. The van der Waals surface area contributed by atoms with Crippen molar-refractivity contribution in [3.8, 4) is 17.2 Å². The summed E-state index contributed by atoms with van der Waals surface area (Å²) in [5, 5.41) is 2.80. The molecule has 5 rings (SSSR count). The fourth-order valence-corrected chi connectivity index (χ4v) is 5.19. The van der Waals surface area contributed by atoms with Gasteiger partial charge >= 0.3 is 6.03 Å². The predicted octanol–water partition coefficient (Wildman–Crippen LogP) is 7.87. The van der Waals surface area contributed by atoms with E-state index < -0.39 is 17.8 Å². The predicted molar refractivity (Wildman–Crippen MR) is 170 cm³/mol. The van der Waals surface area contributed by atoms with Crippen molar-refractivity contribution in [1.29, 1.82) is 0 Å². The Bertz CT molecular complexity index is 1740. The highest BCUT2D eigenvalue weighted by Crippen LogP contribution is 2.37. The molecule has 0 bridgehead atoms. The fraction of sp³-hybridized carbons (Fsp3) is 0.121. The highest BCUT2D eigenvalue weighted by Gasteiger charge is 2.37. The minimum Gasteiger partial charge on any atom is -0.490 e. The maximum Gasteiger partial charge on any atom is 0.335 e. The van der Waals surface area contributed by atoms with Gasteiger partial charge in [-0.1, -0.05) is 77.3 Å². The molecule has 4 aromatic carbocycles. The normalized spacial score (nSPS) is 14.0. The van der Waals surface area contributed by atoms with Crippen LogP contribution in [-0.4, -0.2) is 24.5 Å². The van der Waals surface area contributed by atoms with Gasteiger partial charge in [-0.2, -0.15) is 0 Å². The SMILES string of the molecule is CCOc1cc(COc2c(Cl)cc(/C=C3\C(=O)NC(=O)N(c4cccc(Cl)c4)C3=O)cc2Cl)ccc1OCc1ccccc1. The van der Waals surface area contributed by atoms with Crippen LogP contribution in [0.25, 0.3) is 6.08 Å². The van der Waals surface area contributed by atoms with Crippen LogP contribution in [0.1, 0.15) is 23.6 Å². The topological polar surface area (TPSA) is 94.2 Å². The van der Waals surface area contributed by atoms with Crippen molar-refractivity contribution >= 4 is 64.4 Å². The third-order valence-electron chi connectivity index (χ3n) is 6.43. The number of anilines is 1. The zero-order valence-electron chi connectivity index (χ0n) is 23.3. The van der Waals surface area contributed by atoms with Crippen LogP contribution in [0.5, 0.6) is 17.2 Å². The first-order valence-electron chi connectivity index (χ1n) is 13.4. The molecule has 0 unspecified atom stereocenters. The minimum atomic E-state index is -0.887. The average Bonchev–Trinajstić information content (AvgIpc) is 2.99. The standard InChI is InChI=1S/C33H25Cl3N2O6/c1-2-42-29-16-21(11-12-28(29)43-18-20-7-4-3-5-8-20)19-44-30-26(35)14-22(15-27(30)36)13-25-31(39)37-33(41)38(32(25)40)24-10-6-9-23(34)17-24/h3-17H,2,18-19H2,1H3,(H,37,39,41)/b25-13+. The van der Waals surface area contributed by atoms with Gasteiger partial charge in [0.15, 0.2) is 17.2 Å². The molecule has 4 amide bonds. The Morgan fingerprint density at radius 2 is 1.48 bits per heavy atom. The van der Waals surface area contributed by atoms with Crippen LogP contribution in [-0.2, 0) is 22.8 Å². The van der Waals surface area contributed by atoms with Gasteiger partial charge in [-0.15, -0.1) is 0 Å². The van der Waals surface area contributed by atoms with Crippen LogP contribution in [0.4, 0.5) is 10.5 Å². The molecule has 0 saturated carbocycles. The number of benzene rings is 4. The lowest BCUT2D eigenvalue weighted by molar-refractivity contribution is -0.122. The quantitative estimate of drug-likeness (QED) is 0.139. The molecule has 0 aromatic heterocycles. The van der Waals surface area contributed by atoms with Crippen LogP contribution in [0.3, 0.4) is 0 Å². The van der Waals surface area contributed by atoms with Crippen molar-refractivity contribution in [1.82, 2.24) is 5.32 Å². The molecule has 4 aromatic rings. The van der Waals surface area contributed by atoms with Gasteiger partial charge in [0, 0.05) is 5.02 Å². The van der Waals surface area contributed by atoms with Crippen molar-refractivity contribution in [3.05, 3.63) is 122 Å². The van der Waals surface area contributed by atoms with Gasteiger partial charge in [-0.3, -0.25) is 14.9 Å². The number of nitrogens with one attached hydrogen (secondary N) is 1. The number of carbonyl (C=O) groups excluding carboxylic acids is 3. The number of halogens is 3. The Morgan fingerprint density at radius 3 is 2.18 bits per heavy atom. The van der Waals surface area contributed by atoms with E-state index in [1.54, 1.807) is 12.1 Å². The Balaban J connectivity index is 1.32. The van der Waals surface area contributed by atoms with Crippen LogP contribution in [0.15, 0.2) is 90.5 Å². The van der Waals surface area contributed by atoms with Crippen LogP contribution in [0.2, 0.25) is 15.1 Å². The second kappa shape index (κ2) is 13.9. The molecular weight excluding hydrogens is 627 g/mol. The van der Waals surface area contributed by atoms with E-state index in [0.717, 1.165) is 16.0 Å². The minimum absolute atomic E-state index is 0.122. The molecule has 1 heterocycles. The highest BCUT2D eigenvalue weighted by molar-refractivity contribution is 6.40. The van der Waals surface area contributed by atoms with Crippen molar-refractivity contribution in [2.24, 2.45) is 0 Å². The number of barbiturate groups is 1. The van der Waals surface area contributed by atoms with Gasteiger partial charge in [0.2, 0.25) is 0 Å². The number of amides is 4. The molecule has 1 N–H and O–H groups in total. The van der Waals surface area contributed by atoms with Crippen LogP contribution >= 0.6 is 34.8 Å². The first-order valence-corrected chi connectivity index (χ1v) is 14.6. The van der Waals surface area contributed by atoms with Gasteiger partial charge in [0.05, 0.1) is 22.3 Å². The van der Waals surface area contributed by atoms with Crippen LogP contribution < -0.4 is 24.4 Å². The summed E-state index contributed by atoms with van der Waals surface area (Å²) in [5.41, 5.74) is 2.09. The van der Waals surface area contributed by atoms with Gasteiger partial charge < -0.3 is 14.2 Å². The number of carbonyl (C=O) groups is 3. The lowest BCUT2D eigenvalue weighted by atomic mass is 10.1. The molecule has 0 atom stereocenters. The Labute approximate surface area is 268 Å². The Hall–Kier alpha value is -4.50. The molecule has 44 heavy (non-hydrogen) atoms. The molecule has 1 aliphatic rings. The maximum absolute atomic E-state index is 13.2. The molecule has 1 saturated heterocycles. The molecule has 1 aliphatic heterocycles. The van der Waals surface area contributed by atoms with E-state index in [0.29, 0.717) is 35.3 Å². The van der Waals surface area contributed by atoms with Gasteiger partial charge in [0.25, 0.3) is 11.8 Å². The third kappa shape index (κ3) is 7.17. The Morgan fingerprint density at radius 1 is 0.750 bits per heavy atom. The second-order valence-electron chi connectivity index (χ2n) is 9.53. The van der Waals surface area contributed by atoms with Gasteiger partial charge in [0.1, 0.15) is 18.8 Å². The largest absolute Gasteiger partial charge is 0.490 e. The third-order valence-corrected chi connectivity index (χ3v) is 7.22. The number of hydrogen-bond donors (Lipinski definition) is 1. The number of nitrogens with zero attached hydrogens (tertiary/aromatic N) is 1. The summed E-state index contributed by atoms with van der Waals surface area (Å²) in [6.45, 7) is 2.85. The summed E-state index contributed by atoms with van der Waals surface area (Å²) in [6.07, 6.45) is 1.30. The highest BCUT2D eigenvalue weighted by atomic mass is 35.5.